The number of carbonyl (C=O) groups excluding carboxylic acids is 1. The normalized spacial score (nSPS) is 22.2. The molecule has 0 N–H and O–H groups in total. The molecule has 1 aromatic rings. The Bertz CT molecular complexity index is 400. The molecule has 0 saturated heterocycles. The van der Waals surface area contributed by atoms with Gasteiger partial charge in [-0.25, -0.2) is 0 Å². The van der Waals surface area contributed by atoms with Crippen LogP contribution in [0.25, 0.3) is 0 Å². The molecule has 0 bridgehead atoms. The second kappa shape index (κ2) is 5.32. The summed E-state index contributed by atoms with van der Waals surface area (Å²) in [6, 6.07) is 7.45. The maximum Gasteiger partial charge on any atom is 0.169 e. The number of ketones is 1. The topological polar surface area (TPSA) is 35.5 Å². The van der Waals surface area contributed by atoms with Gasteiger partial charge in [0.1, 0.15) is 12.4 Å². The average molecular weight is 234 g/mol. The number of carbonyl (C=O) groups is 1. The van der Waals surface area contributed by atoms with Crippen molar-refractivity contribution >= 4 is 5.78 Å². The molecule has 0 heterocycles. The monoisotopic (exact) mass is 234 g/mol. The largest absolute Gasteiger partial charge is 0.490 e. The first-order valence-electron chi connectivity index (χ1n) is 5.99. The Labute approximate surface area is 102 Å². The molecule has 1 saturated carbocycles. The summed E-state index contributed by atoms with van der Waals surface area (Å²) in [7, 11) is 1.63. The van der Waals surface area contributed by atoms with Gasteiger partial charge >= 0.3 is 0 Å². The second-order valence-corrected chi connectivity index (χ2v) is 4.52. The van der Waals surface area contributed by atoms with Gasteiger partial charge in [-0.1, -0.05) is 19.1 Å². The molecule has 3 heteroatoms. The van der Waals surface area contributed by atoms with E-state index in [0.29, 0.717) is 30.4 Å². The van der Waals surface area contributed by atoms with Gasteiger partial charge in [-0.3, -0.25) is 4.79 Å². The van der Waals surface area contributed by atoms with Crippen LogP contribution in [0.3, 0.4) is 0 Å². The lowest BCUT2D eigenvalue weighted by Crippen LogP contribution is -2.09. The number of hydrogen-bond acceptors (Lipinski definition) is 3. The van der Waals surface area contributed by atoms with Gasteiger partial charge < -0.3 is 9.47 Å². The molecule has 3 nitrogen and oxygen atoms in total. The first kappa shape index (κ1) is 12.1. The van der Waals surface area contributed by atoms with E-state index in [1.807, 2.05) is 24.3 Å². The lowest BCUT2D eigenvalue weighted by molar-refractivity contribution is 0.0954. The van der Waals surface area contributed by atoms with Gasteiger partial charge in [0, 0.05) is 13.0 Å². The SMILES string of the molecule is COCCOc1ccccc1C(=O)C1CC1C. The highest BCUT2D eigenvalue weighted by atomic mass is 16.5. The van der Waals surface area contributed by atoms with Gasteiger partial charge in [0.25, 0.3) is 0 Å². The highest BCUT2D eigenvalue weighted by Gasteiger charge is 2.40. The van der Waals surface area contributed by atoms with E-state index in [1.54, 1.807) is 7.11 Å². The molecule has 1 aliphatic rings. The van der Waals surface area contributed by atoms with Gasteiger partial charge in [0.05, 0.1) is 12.2 Å². The fourth-order valence-corrected chi connectivity index (χ4v) is 1.92. The van der Waals surface area contributed by atoms with Crippen LogP contribution >= 0.6 is 0 Å². The van der Waals surface area contributed by atoms with Crippen molar-refractivity contribution < 1.29 is 14.3 Å². The summed E-state index contributed by atoms with van der Waals surface area (Å²) in [6.45, 7) is 3.11. The Morgan fingerprint density at radius 2 is 2.06 bits per heavy atom. The third-order valence-corrected chi connectivity index (χ3v) is 3.14. The number of ether oxygens (including phenoxy) is 2. The van der Waals surface area contributed by atoms with Crippen molar-refractivity contribution in [1.82, 2.24) is 0 Å². The van der Waals surface area contributed by atoms with E-state index in [9.17, 15) is 4.79 Å². The fraction of sp³-hybridized carbons (Fsp3) is 0.500. The Kier molecular flexibility index (Phi) is 3.79. The smallest absolute Gasteiger partial charge is 0.169 e. The molecule has 0 aliphatic heterocycles. The van der Waals surface area contributed by atoms with Gasteiger partial charge in [-0.2, -0.15) is 0 Å². The number of Topliss-reactive ketones (excluding diaryl/α,β-unsaturated/α-hetero) is 1. The zero-order valence-corrected chi connectivity index (χ0v) is 10.3. The van der Waals surface area contributed by atoms with E-state index in [-0.39, 0.29) is 11.7 Å². The highest BCUT2D eigenvalue weighted by molar-refractivity contribution is 6.01. The van der Waals surface area contributed by atoms with Crippen LogP contribution in [0.1, 0.15) is 23.7 Å². The van der Waals surface area contributed by atoms with Crippen molar-refractivity contribution in [2.24, 2.45) is 11.8 Å². The number of methoxy groups -OCH3 is 1. The number of hydrogen-bond donors (Lipinski definition) is 0. The highest BCUT2D eigenvalue weighted by Crippen LogP contribution is 2.41. The molecule has 2 unspecified atom stereocenters. The third kappa shape index (κ3) is 2.86. The lowest BCUT2D eigenvalue weighted by atomic mass is 10.1. The molecule has 0 spiro atoms. The Balaban J connectivity index is 2.07. The molecule has 92 valence electrons. The fourth-order valence-electron chi connectivity index (χ4n) is 1.92. The Morgan fingerprint density at radius 1 is 1.35 bits per heavy atom. The molecule has 17 heavy (non-hydrogen) atoms. The average Bonchev–Trinajstić information content (AvgIpc) is 3.07. The van der Waals surface area contributed by atoms with E-state index >= 15 is 0 Å². The molecule has 1 fully saturated rings. The summed E-state index contributed by atoms with van der Waals surface area (Å²) >= 11 is 0. The number of para-hydroxylation sites is 1. The predicted octanol–water partition coefficient (Wildman–Crippen LogP) is 2.55. The first-order valence-corrected chi connectivity index (χ1v) is 5.99. The zero-order valence-electron chi connectivity index (χ0n) is 10.3. The number of benzene rings is 1. The molecule has 2 rings (SSSR count). The molecule has 1 aromatic carbocycles. The minimum Gasteiger partial charge on any atom is -0.490 e. The van der Waals surface area contributed by atoms with Crippen LogP contribution in [0.15, 0.2) is 24.3 Å². The van der Waals surface area contributed by atoms with Gasteiger partial charge in [-0.05, 0) is 24.5 Å². The second-order valence-electron chi connectivity index (χ2n) is 4.52. The van der Waals surface area contributed by atoms with Crippen LogP contribution in [0.4, 0.5) is 0 Å². The molecule has 0 amide bonds. The Morgan fingerprint density at radius 3 is 2.71 bits per heavy atom. The molecule has 2 atom stereocenters. The van der Waals surface area contributed by atoms with Crippen LogP contribution < -0.4 is 4.74 Å². The Hall–Kier alpha value is -1.35. The van der Waals surface area contributed by atoms with E-state index in [4.69, 9.17) is 9.47 Å². The van der Waals surface area contributed by atoms with Crippen LogP contribution in [-0.2, 0) is 4.74 Å². The van der Waals surface area contributed by atoms with Crippen molar-refractivity contribution in [3.63, 3.8) is 0 Å². The van der Waals surface area contributed by atoms with Gasteiger partial charge in [-0.15, -0.1) is 0 Å². The van der Waals surface area contributed by atoms with Crippen molar-refractivity contribution in [1.29, 1.82) is 0 Å². The lowest BCUT2D eigenvalue weighted by Gasteiger charge is -2.10. The maximum atomic E-state index is 12.2. The molecule has 0 aromatic heterocycles. The zero-order chi connectivity index (χ0) is 12.3. The standard InChI is InChI=1S/C14H18O3/c1-10-9-12(10)14(15)11-5-3-4-6-13(11)17-8-7-16-2/h3-6,10,12H,7-9H2,1-2H3. The van der Waals surface area contributed by atoms with E-state index in [2.05, 4.69) is 6.92 Å². The summed E-state index contributed by atoms with van der Waals surface area (Å²) in [4.78, 5) is 12.2. The summed E-state index contributed by atoms with van der Waals surface area (Å²) in [5, 5.41) is 0. The van der Waals surface area contributed by atoms with Crippen LogP contribution in [0, 0.1) is 11.8 Å². The van der Waals surface area contributed by atoms with Crippen molar-refractivity contribution in [2.75, 3.05) is 20.3 Å². The third-order valence-electron chi connectivity index (χ3n) is 3.14. The molecule has 1 aliphatic carbocycles. The van der Waals surface area contributed by atoms with Gasteiger partial charge in [0.2, 0.25) is 0 Å². The minimum absolute atomic E-state index is 0.196. The van der Waals surface area contributed by atoms with Crippen LogP contribution in [0.5, 0.6) is 5.75 Å². The van der Waals surface area contributed by atoms with E-state index < -0.39 is 0 Å². The predicted molar refractivity (Wildman–Crippen MR) is 65.4 cm³/mol. The van der Waals surface area contributed by atoms with Crippen LogP contribution in [-0.4, -0.2) is 26.1 Å². The summed E-state index contributed by atoms with van der Waals surface area (Å²) in [5.41, 5.74) is 0.706. The first-order chi connectivity index (χ1) is 8.24. The number of rotatable bonds is 6. The molecular weight excluding hydrogens is 216 g/mol. The van der Waals surface area contributed by atoms with Crippen LogP contribution in [0.2, 0.25) is 0 Å². The van der Waals surface area contributed by atoms with Gasteiger partial charge in [0.15, 0.2) is 5.78 Å². The van der Waals surface area contributed by atoms with E-state index in [1.165, 1.54) is 0 Å². The van der Waals surface area contributed by atoms with Crippen molar-refractivity contribution in [3.8, 4) is 5.75 Å². The minimum atomic E-state index is 0.196. The summed E-state index contributed by atoms with van der Waals surface area (Å²) in [5.74, 6) is 1.61. The summed E-state index contributed by atoms with van der Waals surface area (Å²) < 4.78 is 10.5. The maximum absolute atomic E-state index is 12.2. The molecule has 0 radical (unpaired) electrons. The quantitative estimate of drug-likeness (QED) is 0.560. The molecular formula is C14H18O3. The van der Waals surface area contributed by atoms with Crippen molar-refractivity contribution in [2.45, 2.75) is 13.3 Å². The van der Waals surface area contributed by atoms with E-state index in [0.717, 1.165) is 6.42 Å². The summed E-state index contributed by atoms with van der Waals surface area (Å²) in [6.07, 6.45) is 1.01. The van der Waals surface area contributed by atoms with Crippen molar-refractivity contribution in [3.05, 3.63) is 29.8 Å².